The number of aromatic nitrogens is 4. The van der Waals surface area contributed by atoms with Crippen LogP contribution in [0.5, 0.6) is 0 Å². The summed E-state index contributed by atoms with van der Waals surface area (Å²) in [4.78, 5) is 16.5. The van der Waals surface area contributed by atoms with Gasteiger partial charge in [-0.15, -0.1) is 0 Å². The number of carbonyl (C=O) groups excluding carboxylic acids is 1. The molecule has 0 aliphatic carbocycles. The molecule has 7 heteroatoms. The third-order valence-corrected chi connectivity index (χ3v) is 3.58. The lowest BCUT2D eigenvalue weighted by Crippen LogP contribution is -2.17. The Kier molecular flexibility index (Phi) is 4.18. The van der Waals surface area contributed by atoms with Gasteiger partial charge < -0.3 is 9.84 Å². The second-order valence-electron chi connectivity index (χ2n) is 5.16. The number of pyridine rings is 1. The maximum Gasteiger partial charge on any atom is 0.295 e. The van der Waals surface area contributed by atoms with Gasteiger partial charge in [0.05, 0.1) is 17.9 Å². The molecular formula is C16H17N5O2. The zero-order valence-corrected chi connectivity index (χ0v) is 12.9. The van der Waals surface area contributed by atoms with Gasteiger partial charge in [0.1, 0.15) is 11.5 Å². The molecule has 1 amide bonds. The first-order valence-corrected chi connectivity index (χ1v) is 7.42. The number of amides is 1. The van der Waals surface area contributed by atoms with Crippen LogP contribution in [-0.4, -0.2) is 25.8 Å². The van der Waals surface area contributed by atoms with Gasteiger partial charge in [0, 0.05) is 18.3 Å². The van der Waals surface area contributed by atoms with E-state index in [-0.39, 0.29) is 17.7 Å². The van der Waals surface area contributed by atoms with Gasteiger partial charge >= 0.3 is 0 Å². The van der Waals surface area contributed by atoms with E-state index in [4.69, 9.17) is 4.52 Å². The van der Waals surface area contributed by atoms with Crippen molar-refractivity contribution in [3.63, 3.8) is 0 Å². The molecule has 7 nitrogen and oxygen atoms in total. The lowest BCUT2D eigenvalue weighted by Gasteiger charge is -2.13. The van der Waals surface area contributed by atoms with Crippen LogP contribution < -0.4 is 5.32 Å². The number of nitrogens with zero attached hydrogens (tertiary/aromatic N) is 4. The Labute approximate surface area is 133 Å². The molecule has 3 rings (SSSR count). The van der Waals surface area contributed by atoms with Crippen molar-refractivity contribution < 1.29 is 9.32 Å². The van der Waals surface area contributed by atoms with E-state index in [0.717, 1.165) is 6.42 Å². The van der Waals surface area contributed by atoms with E-state index in [0.29, 0.717) is 17.2 Å². The Hall–Kier alpha value is -2.96. The lowest BCUT2D eigenvalue weighted by atomic mass is 10.2. The molecule has 0 saturated heterocycles. The summed E-state index contributed by atoms with van der Waals surface area (Å²) >= 11 is 0. The van der Waals surface area contributed by atoms with Crippen molar-refractivity contribution in [3.8, 4) is 11.4 Å². The molecule has 0 radical (unpaired) electrons. The van der Waals surface area contributed by atoms with Gasteiger partial charge in [-0.25, -0.2) is 4.68 Å². The molecule has 3 heterocycles. The van der Waals surface area contributed by atoms with E-state index in [2.05, 4.69) is 27.5 Å². The molecule has 118 valence electrons. The van der Waals surface area contributed by atoms with Crippen molar-refractivity contribution in [3.05, 3.63) is 48.5 Å². The molecular weight excluding hydrogens is 294 g/mol. The predicted octanol–water partition coefficient (Wildman–Crippen LogP) is 3.16. The Bertz CT molecular complexity index is 794. The highest BCUT2D eigenvalue weighted by Gasteiger charge is 2.17. The molecule has 0 aliphatic heterocycles. The average molecular weight is 311 g/mol. The Morgan fingerprint density at radius 1 is 1.30 bits per heavy atom. The van der Waals surface area contributed by atoms with E-state index >= 15 is 0 Å². The molecule has 3 aromatic heterocycles. The first kappa shape index (κ1) is 15.0. The van der Waals surface area contributed by atoms with Gasteiger partial charge in [-0.2, -0.15) is 5.10 Å². The zero-order valence-electron chi connectivity index (χ0n) is 12.9. The molecule has 0 fully saturated rings. The van der Waals surface area contributed by atoms with Crippen LogP contribution in [0.25, 0.3) is 11.4 Å². The molecule has 23 heavy (non-hydrogen) atoms. The highest BCUT2D eigenvalue weighted by molar-refractivity contribution is 6.02. The minimum absolute atomic E-state index is 0.127. The smallest absolute Gasteiger partial charge is 0.295 e. The minimum atomic E-state index is -0.371. The van der Waals surface area contributed by atoms with E-state index in [9.17, 15) is 4.79 Å². The lowest BCUT2D eigenvalue weighted by molar-refractivity contribution is 0.0987. The fraction of sp³-hybridized carbons (Fsp3) is 0.250. The Balaban J connectivity index is 1.77. The quantitative estimate of drug-likeness (QED) is 0.782. The summed E-state index contributed by atoms with van der Waals surface area (Å²) in [6.07, 6.45) is 4.23. The topological polar surface area (TPSA) is 85.8 Å². The van der Waals surface area contributed by atoms with Crippen molar-refractivity contribution in [2.75, 3.05) is 5.32 Å². The largest absolute Gasteiger partial charge is 0.350 e. The summed E-state index contributed by atoms with van der Waals surface area (Å²) in [5.41, 5.74) is 1.17. The van der Waals surface area contributed by atoms with Crippen molar-refractivity contribution in [1.82, 2.24) is 19.9 Å². The Morgan fingerprint density at radius 3 is 2.91 bits per heavy atom. The highest BCUT2D eigenvalue weighted by Crippen LogP contribution is 2.19. The van der Waals surface area contributed by atoms with Crippen LogP contribution in [0.15, 0.2) is 47.2 Å². The molecule has 0 saturated carbocycles. The SMILES string of the molecule is CC[C@H](C)n1nccc1NC(=O)c1cc(-c2ccccn2)no1. The van der Waals surface area contributed by atoms with Crippen molar-refractivity contribution in [2.45, 2.75) is 26.3 Å². The van der Waals surface area contributed by atoms with Gasteiger partial charge in [-0.05, 0) is 25.5 Å². The minimum Gasteiger partial charge on any atom is -0.350 e. The summed E-state index contributed by atoms with van der Waals surface area (Å²) in [7, 11) is 0. The van der Waals surface area contributed by atoms with Crippen molar-refractivity contribution >= 4 is 11.7 Å². The average Bonchev–Trinajstić information content (AvgIpc) is 3.24. The van der Waals surface area contributed by atoms with Crippen LogP contribution in [0, 0.1) is 0 Å². The van der Waals surface area contributed by atoms with Crippen LogP contribution in [0.3, 0.4) is 0 Å². The van der Waals surface area contributed by atoms with Gasteiger partial charge in [0.25, 0.3) is 5.91 Å². The second-order valence-corrected chi connectivity index (χ2v) is 5.16. The standard InChI is InChI=1S/C16H17N5O2/c1-3-11(2)21-15(7-9-18-21)19-16(22)14-10-13(20-23-14)12-6-4-5-8-17-12/h4-11H,3H2,1-2H3,(H,19,22)/t11-/m0/s1. The third-order valence-electron chi connectivity index (χ3n) is 3.58. The fourth-order valence-electron chi connectivity index (χ4n) is 2.13. The Morgan fingerprint density at radius 2 is 2.17 bits per heavy atom. The van der Waals surface area contributed by atoms with Crippen LogP contribution in [0.1, 0.15) is 36.9 Å². The van der Waals surface area contributed by atoms with Gasteiger partial charge in [0.15, 0.2) is 0 Å². The van der Waals surface area contributed by atoms with Gasteiger partial charge in [0.2, 0.25) is 5.76 Å². The zero-order chi connectivity index (χ0) is 16.2. The van der Waals surface area contributed by atoms with Crippen molar-refractivity contribution in [1.29, 1.82) is 0 Å². The van der Waals surface area contributed by atoms with E-state index in [1.54, 1.807) is 35.3 Å². The molecule has 0 unspecified atom stereocenters. The summed E-state index contributed by atoms with van der Waals surface area (Å²) in [6.45, 7) is 4.10. The summed E-state index contributed by atoms with van der Waals surface area (Å²) < 4.78 is 6.90. The normalized spacial score (nSPS) is 12.1. The number of hydrogen-bond donors (Lipinski definition) is 1. The molecule has 0 bridgehead atoms. The summed E-state index contributed by atoms with van der Waals surface area (Å²) in [5.74, 6) is 0.382. The van der Waals surface area contributed by atoms with Crippen LogP contribution >= 0.6 is 0 Å². The third kappa shape index (κ3) is 3.13. The van der Waals surface area contributed by atoms with E-state index in [1.165, 1.54) is 0 Å². The van der Waals surface area contributed by atoms with E-state index < -0.39 is 0 Å². The maximum atomic E-state index is 12.3. The first-order chi connectivity index (χ1) is 11.2. The highest BCUT2D eigenvalue weighted by atomic mass is 16.5. The van der Waals surface area contributed by atoms with Gasteiger partial charge in [-0.3, -0.25) is 9.78 Å². The number of carbonyl (C=O) groups is 1. The molecule has 1 N–H and O–H groups in total. The summed E-state index contributed by atoms with van der Waals surface area (Å²) in [5, 5.41) is 10.9. The van der Waals surface area contributed by atoms with Crippen molar-refractivity contribution in [2.24, 2.45) is 0 Å². The molecule has 1 atom stereocenters. The fourth-order valence-corrected chi connectivity index (χ4v) is 2.13. The molecule has 3 aromatic rings. The molecule has 0 spiro atoms. The second kappa shape index (κ2) is 6.43. The number of nitrogens with one attached hydrogen (secondary N) is 1. The predicted molar refractivity (Wildman–Crippen MR) is 84.9 cm³/mol. The van der Waals surface area contributed by atoms with Gasteiger partial charge in [-0.1, -0.05) is 18.1 Å². The molecule has 0 aliphatic rings. The van der Waals surface area contributed by atoms with Crippen LogP contribution in [-0.2, 0) is 0 Å². The number of rotatable bonds is 5. The monoisotopic (exact) mass is 311 g/mol. The maximum absolute atomic E-state index is 12.3. The van der Waals surface area contributed by atoms with E-state index in [1.807, 2.05) is 19.1 Å². The summed E-state index contributed by atoms with van der Waals surface area (Å²) in [6, 6.07) is 8.98. The first-order valence-electron chi connectivity index (χ1n) is 7.42. The van der Waals surface area contributed by atoms with Crippen LogP contribution in [0.4, 0.5) is 5.82 Å². The molecule has 0 aromatic carbocycles. The number of hydrogen-bond acceptors (Lipinski definition) is 5. The van der Waals surface area contributed by atoms with Crippen LogP contribution in [0.2, 0.25) is 0 Å². The number of anilines is 1.